The Hall–Kier alpha value is -6.96. The fraction of sp³-hybridized carbons (Fsp3) is 0.278. The van der Waals surface area contributed by atoms with Crippen LogP contribution in [-0.4, -0.2) is 0 Å². The van der Waals surface area contributed by atoms with Crippen molar-refractivity contribution in [3.63, 3.8) is 0 Å². The molecule has 0 aromatic heterocycles. The van der Waals surface area contributed by atoms with Crippen molar-refractivity contribution in [3.05, 3.63) is 285 Å². The summed E-state index contributed by atoms with van der Waals surface area (Å²) in [4.78, 5) is 0. The summed E-state index contributed by atoms with van der Waals surface area (Å²) in [6, 6.07) is 45.4. The number of fused-ring (bicyclic) bond motifs is 1. The van der Waals surface area contributed by atoms with E-state index in [1.165, 1.54) is 68.7 Å². The minimum Gasteiger partial charge on any atom is -0.404 e. The van der Waals surface area contributed by atoms with Gasteiger partial charge in [0.1, 0.15) is 0 Å². The molecule has 1 heteroatoms. The first-order valence-electron chi connectivity index (χ1n) is 27.0. The van der Waals surface area contributed by atoms with Crippen LogP contribution < -0.4 is 16.2 Å². The van der Waals surface area contributed by atoms with E-state index in [4.69, 9.17) is 5.73 Å². The molecule has 73 heavy (non-hydrogen) atoms. The molecule has 5 aromatic rings. The molecule has 0 heterocycles. The van der Waals surface area contributed by atoms with Crippen molar-refractivity contribution in [2.45, 2.75) is 126 Å². The van der Waals surface area contributed by atoms with Crippen molar-refractivity contribution in [2.75, 3.05) is 0 Å². The second kappa shape index (κ2) is 32.2. The molecule has 0 saturated heterocycles. The average molecular weight is 969 g/mol. The van der Waals surface area contributed by atoms with Crippen LogP contribution in [0.2, 0.25) is 0 Å². The summed E-state index contributed by atoms with van der Waals surface area (Å²) in [6.07, 6.45) is 36.3. The molecule has 0 amide bonds. The van der Waals surface area contributed by atoms with E-state index in [0.717, 1.165) is 46.4 Å². The fourth-order valence-corrected chi connectivity index (χ4v) is 9.89. The summed E-state index contributed by atoms with van der Waals surface area (Å²) in [6.45, 7) is 36.5. The molecule has 0 spiro atoms. The lowest BCUT2D eigenvalue weighted by Gasteiger charge is -2.39. The van der Waals surface area contributed by atoms with Crippen molar-refractivity contribution in [1.82, 2.24) is 0 Å². The molecular weight excluding hydrogens is 879 g/mol. The molecule has 1 nitrogen and oxygen atoms in total. The van der Waals surface area contributed by atoms with Crippen LogP contribution in [0, 0.1) is 16.4 Å². The summed E-state index contributed by atoms with van der Waals surface area (Å²) in [5.41, 5.74) is 18.1. The lowest BCUT2D eigenvalue weighted by atomic mass is 9.64. The number of nitrogens with two attached hydrogens (primary N) is 1. The van der Waals surface area contributed by atoms with E-state index in [2.05, 4.69) is 225 Å². The maximum atomic E-state index is 5.69. The molecule has 2 N–H and O–H groups in total. The molecule has 1 aliphatic rings. The van der Waals surface area contributed by atoms with E-state index in [-0.39, 0.29) is 16.7 Å². The van der Waals surface area contributed by atoms with Gasteiger partial charge in [0, 0.05) is 17.0 Å². The molecule has 0 radical (unpaired) electrons. The van der Waals surface area contributed by atoms with Crippen LogP contribution in [0.15, 0.2) is 237 Å². The second-order valence-corrected chi connectivity index (χ2v) is 18.3. The van der Waals surface area contributed by atoms with E-state index in [0.29, 0.717) is 0 Å². The van der Waals surface area contributed by atoms with Gasteiger partial charge in [-0.1, -0.05) is 281 Å². The lowest BCUT2D eigenvalue weighted by Crippen LogP contribution is -2.34. The first-order valence-corrected chi connectivity index (χ1v) is 27.0. The summed E-state index contributed by atoms with van der Waals surface area (Å²) in [5.74, 6) is 0.181. The molecule has 1 aliphatic carbocycles. The first kappa shape index (κ1) is 60.3. The van der Waals surface area contributed by atoms with Crippen LogP contribution in [0.25, 0.3) is 23.4 Å². The van der Waals surface area contributed by atoms with E-state index in [9.17, 15) is 0 Å². The molecule has 0 bridgehead atoms. The third kappa shape index (κ3) is 15.8. The van der Waals surface area contributed by atoms with Gasteiger partial charge in [0.25, 0.3) is 0 Å². The van der Waals surface area contributed by atoms with Gasteiger partial charge in [0.05, 0.1) is 0 Å². The molecule has 382 valence electrons. The van der Waals surface area contributed by atoms with Gasteiger partial charge in [-0.3, -0.25) is 0 Å². The molecular formula is C72H89N. The Morgan fingerprint density at radius 1 is 0.726 bits per heavy atom. The number of benzene rings is 5. The zero-order valence-electron chi connectivity index (χ0n) is 46.7. The highest BCUT2D eigenvalue weighted by Gasteiger charge is 2.39. The minimum absolute atomic E-state index is 0.0156. The topological polar surface area (TPSA) is 26.0 Å². The van der Waals surface area contributed by atoms with Crippen molar-refractivity contribution >= 4 is 23.4 Å². The number of allylic oxidation sites excluding steroid dienone is 17. The maximum absolute atomic E-state index is 5.69. The summed E-state index contributed by atoms with van der Waals surface area (Å²) in [5, 5.41) is 4.62. The van der Waals surface area contributed by atoms with Crippen molar-refractivity contribution in [3.8, 4) is 0 Å². The quantitative estimate of drug-likeness (QED) is 0.0498. The molecule has 2 atom stereocenters. The highest BCUT2D eigenvalue weighted by Crippen LogP contribution is 2.50. The molecule has 2 unspecified atom stereocenters. The SMILES string of the molecule is C/C=C/C=c1/cccc/c1=c1\cccc\c1=C/N.C=C\C(=C/C(/C=C\C(=C)C/C=C\C)=C/CC(c1ccccc1)(c1ccccc1)C(C)C=C)c1ccc2c(c1)C(C)(CCCCC)C(/C=C\C)=C2C.CC.CC. The summed E-state index contributed by atoms with van der Waals surface area (Å²) >= 11 is 0. The second-order valence-electron chi connectivity index (χ2n) is 18.3. The average Bonchev–Trinajstić information content (AvgIpc) is 3.65. The van der Waals surface area contributed by atoms with Crippen LogP contribution in [0.5, 0.6) is 0 Å². The molecule has 0 saturated carbocycles. The molecule has 0 aliphatic heterocycles. The normalized spacial score (nSPS) is 16.2. The third-order valence-corrected chi connectivity index (χ3v) is 13.9. The smallest absolute Gasteiger partial charge is 0.0297 e. The zero-order valence-corrected chi connectivity index (χ0v) is 46.7. The van der Waals surface area contributed by atoms with Crippen molar-refractivity contribution in [2.24, 2.45) is 11.7 Å². The first-order chi connectivity index (χ1) is 35.6. The molecule has 0 fully saturated rings. The Kier molecular flexibility index (Phi) is 26.6. The monoisotopic (exact) mass is 968 g/mol. The van der Waals surface area contributed by atoms with E-state index >= 15 is 0 Å². The Morgan fingerprint density at radius 3 is 1.86 bits per heavy atom. The van der Waals surface area contributed by atoms with Crippen molar-refractivity contribution in [1.29, 1.82) is 0 Å². The minimum atomic E-state index is -0.298. The van der Waals surface area contributed by atoms with Gasteiger partial charge in [0.15, 0.2) is 0 Å². The lowest BCUT2D eigenvalue weighted by molar-refractivity contribution is 0.409. The van der Waals surface area contributed by atoms with Gasteiger partial charge in [0.2, 0.25) is 0 Å². The number of rotatable bonds is 19. The molecule has 6 rings (SSSR count). The Labute approximate surface area is 443 Å². The summed E-state index contributed by atoms with van der Waals surface area (Å²) in [7, 11) is 0. The van der Waals surface area contributed by atoms with E-state index < -0.39 is 0 Å². The third-order valence-electron chi connectivity index (χ3n) is 13.9. The number of hydrogen-bond acceptors (Lipinski definition) is 1. The van der Waals surface area contributed by atoms with Crippen LogP contribution in [0.3, 0.4) is 0 Å². The van der Waals surface area contributed by atoms with Gasteiger partial charge >= 0.3 is 0 Å². The number of hydrogen-bond donors (Lipinski definition) is 1. The number of unbranched alkanes of at least 4 members (excludes halogenated alkanes) is 2. The largest absolute Gasteiger partial charge is 0.404 e. The predicted molar refractivity (Wildman–Crippen MR) is 327 cm³/mol. The standard InChI is InChI=1S/C51H60.C17H17N.2C2H6/c1-10-15-23-35-50(9)48(24-12-3)41(8)47-33-32-44(38-49(47)50)43(14-5)37-42(31-30-39(6)25-16-11-2)34-36-51(40(7)13-4,45-26-19-17-20-27-45)46-28-21-18-22-29-46;1-2-3-8-14-9-4-6-11-16(14)17-12-7-5-10-15(17)13-18;2*1-2/h11-14,16-22,24,26-34,37-38,40H,4-6,10,15,23,25,35-36H2,1-3,7-9H3;2-13H,18H2,1H3;2*1-2H3/b16-11-,24-12-,31-30-,42-34+,43-37+;3-2+,14-8-,15-13+,17-16-;;. The molecule has 5 aromatic carbocycles. The Bertz CT molecular complexity index is 2920. The summed E-state index contributed by atoms with van der Waals surface area (Å²) < 4.78 is 0. The highest BCUT2D eigenvalue weighted by molar-refractivity contribution is 5.85. The fourth-order valence-electron chi connectivity index (χ4n) is 9.89. The van der Waals surface area contributed by atoms with Crippen LogP contribution in [-0.2, 0) is 10.8 Å². The van der Waals surface area contributed by atoms with Crippen LogP contribution in [0.4, 0.5) is 0 Å². The Morgan fingerprint density at radius 2 is 1.32 bits per heavy atom. The maximum Gasteiger partial charge on any atom is 0.0297 e. The zero-order chi connectivity index (χ0) is 53.7. The van der Waals surface area contributed by atoms with E-state index in [1.807, 2.05) is 77.1 Å². The van der Waals surface area contributed by atoms with Crippen LogP contribution in [0.1, 0.15) is 143 Å². The predicted octanol–water partition coefficient (Wildman–Crippen LogP) is 18.7. The van der Waals surface area contributed by atoms with Gasteiger partial charge in [-0.25, -0.2) is 0 Å². The van der Waals surface area contributed by atoms with Gasteiger partial charge in [-0.05, 0) is 136 Å². The van der Waals surface area contributed by atoms with Gasteiger partial charge < -0.3 is 5.73 Å². The van der Waals surface area contributed by atoms with Crippen molar-refractivity contribution < 1.29 is 0 Å². The Balaban J connectivity index is 0.000000530. The van der Waals surface area contributed by atoms with Gasteiger partial charge in [-0.15, -0.1) is 6.58 Å². The highest BCUT2D eigenvalue weighted by atomic mass is 14.5. The van der Waals surface area contributed by atoms with Gasteiger partial charge in [-0.2, -0.15) is 0 Å². The van der Waals surface area contributed by atoms with E-state index in [1.54, 1.807) is 6.20 Å². The van der Waals surface area contributed by atoms with Crippen LogP contribution >= 0.6 is 0 Å².